The Morgan fingerprint density at radius 2 is 2.22 bits per heavy atom. The van der Waals surface area contributed by atoms with E-state index in [-0.39, 0.29) is 12.0 Å². The molecule has 23 heavy (non-hydrogen) atoms. The van der Waals surface area contributed by atoms with E-state index < -0.39 is 0 Å². The number of carbonyl (C=O) groups excluding carboxylic acids is 1. The molecule has 3 fully saturated rings. The molecular weight excluding hydrogens is 292 g/mol. The van der Waals surface area contributed by atoms with Gasteiger partial charge in [-0.05, 0) is 37.3 Å². The van der Waals surface area contributed by atoms with Gasteiger partial charge in [-0.2, -0.15) is 0 Å². The first kappa shape index (κ1) is 15.2. The molecule has 4 rings (SSSR count). The van der Waals surface area contributed by atoms with Gasteiger partial charge in [0.15, 0.2) is 0 Å². The van der Waals surface area contributed by atoms with E-state index in [9.17, 15) is 4.79 Å². The van der Waals surface area contributed by atoms with Crippen molar-refractivity contribution >= 4 is 5.91 Å². The number of nitrogens with zero attached hydrogens (tertiary/aromatic N) is 2. The van der Waals surface area contributed by atoms with Crippen LogP contribution in [0.4, 0.5) is 0 Å². The molecule has 3 aliphatic rings. The standard InChI is InChI=1S/C18H26N2O3/c1-22-17-6-7-20(18(21)9-14-3-2-8-23-14)16-12-19(11-15(16)17)10-13-4-5-13/h2-3,8,13,15-17H,4-7,9-12H2,1H3/t15-,16+,17+/m0/s1. The molecule has 1 aromatic heterocycles. The van der Waals surface area contributed by atoms with Crippen LogP contribution in [-0.2, 0) is 16.0 Å². The number of fused-ring (bicyclic) bond motifs is 1. The lowest BCUT2D eigenvalue weighted by Crippen LogP contribution is -2.54. The number of furan rings is 1. The molecule has 0 bridgehead atoms. The van der Waals surface area contributed by atoms with Gasteiger partial charge >= 0.3 is 0 Å². The van der Waals surface area contributed by atoms with Crippen LogP contribution in [0.15, 0.2) is 22.8 Å². The zero-order valence-electron chi connectivity index (χ0n) is 13.8. The monoisotopic (exact) mass is 318 g/mol. The van der Waals surface area contributed by atoms with Gasteiger partial charge in [-0.15, -0.1) is 0 Å². The zero-order chi connectivity index (χ0) is 15.8. The lowest BCUT2D eigenvalue weighted by atomic mass is 9.88. The Labute approximate surface area is 137 Å². The molecule has 1 aromatic rings. The Hall–Kier alpha value is -1.33. The van der Waals surface area contributed by atoms with Crippen molar-refractivity contribution in [3.8, 4) is 0 Å². The third-order valence-corrected chi connectivity index (χ3v) is 5.68. The summed E-state index contributed by atoms with van der Waals surface area (Å²) in [5.74, 6) is 2.29. The van der Waals surface area contributed by atoms with Gasteiger partial charge in [0, 0.05) is 39.2 Å². The van der Waals surface area contributed by atoms with E-state index in [0.29, 0.717) is 18.4 Å². The van der Waals surface area contributed by atoms with Gasteiger partial charge in [0.05, 0.1) is 24.8 Å². The first-order valence-electron chi connectivity index (χ1n) is 8.81. The molecule has 2 aliphatic heterocycles. The minimum Gasteiger partial charge on any atom is -0.469 e. The van der Waals surface area contributed by atoms with Crippen LogP contribution in [0.25, 0.3) is 0 Å². The third-order valence-electron chi connectivity index (χ3n) is 5.68. The first-order chi connectivity index (χ1) is 11.2. The second-order valence-electron chi connectivity index (χ2n) is 7.30. The number of hydrogen-bond acceptors (Lipinski definition) is 4. The quantitative estimate of drug-likeness (QED) is 0.830. The summed E-state index contributed by atoms with van der Waals surface area (Å²) >= 11 is 0. The maximum absolute atomic E-state index is 12.8. The summed E-state index contributed by atoms with van der Waals surface area (Å²) < 4.78 is 11.1. The van der Waals surface area contributed by atoms with E-state index in [2.05, 4.69) is 9.80 Å². The first-order valence-corrected chi connectivity index (χ1v) is 8.81. The van der Waals surface area contributed by atoms with Gasteiger partial charge in [-0.25, -0.2) is 0 Å². The normalized spacial score (nSPS) is 31.3. The molecule has 3 heterocycles. The van der Waals surface area contributed by atoms with Crippen molar-refractivity contribution in [1.82, 2.24) is 9.80 Å². The number of amides is 1. The van der Waals surface area contributed by atoms with Crippen molar-refractivity contribution in [2.45, 2.75) is 37.8 Å². The van der Waals surface area contributed by atoms with Crippen molar-refractivity contribution in [2.24, 2.45) is 11.8 Å². The van der Waals surface area contributed by atoms with Gasteiger partial charge in [0.25, 0.3) is 0 Å². The van der Waals surface area contributed by atoms with E-state index in [1.54, 1.807) is 6.26 Å². The highest BCUT2D eigenvalue weighted by Crippen LogP contribution is 2.36. The van der Waals surface area contributed by atoms with Crippen molar-refractivity contribution < 1.29 is 13.9 Å². The number of piperidine rings is 1. The summed E-state index contributed by atoms with van der Waals surface area (Å²) in [4.78, 5) is 17.4. The Morgan fingerprint density at radius 1 is 1.35 bits per heavy atom. The molecule has 126 valence electrons. The Bertz CT molecular complexity index is 540. The molecule has 1 amide bonds. The molecule has 1 saturated carbocycles. The summed E-state index contributed by atoms with van der Waals surface area (Å²) in [7, 11) is 1.81. The predicted molar refractivity (Wildman–Crippen MR) is 86.0 cm³/mol. The van der Waals surface area contributed by atoms with Crippen LogP contribution in [0, 0.1) is 11.8 Å². The molecule has 1 aliphatic carbocycles. The number of rotatable bonds is 5. The fraction of sp³-hybridized carbons (Fsp3) is 0.722. The minimum atomic E-state index is 0.192. The van der Waals surface area contributed by atoms with Crippen LogP contribution >= 0.6 is 0 Å². The Morgan fingerprint density at radius 3 is 2.91 bits per heavy atom. The fourth-order valence-corrected chi connectivity index (χ4v) is 4.32. The predicted octanol–water partition coefficient (Wildman–Crippen LogP) is 1.78. The molecular formula is C18H26N2O3. The molecule has 5 heteroatoms. The van der Waals surface area contributed by atoms with Crippen LogP contribution in [0.1, 0.15) is 25.0 Å². The van der Waals surface area contributed by atoms with Gasteiger partial charge in [-0.3, -0.25) is 4.79 Å². The van der Waals surface area contributed by atoms with Crippen LogP contribution in [0.2, 0.25) is 0 Å². The van der Waals surface area contributed by atoms with Gasteiger partial charge in [-0.1, -0.05) is 0 Å². The maximum Gasteiger partial charge on any atom is 0.230 e. The SMILES string of the molecule is CO[C@@H]1CCN(C(=O)Cc2ccco2)[C@@H]2CN(CC3CC3)C[C@@H]21. The molecule has 0 aromatic carbocycles. The number of ether oxygens (including phenoxy) is 1. The van der Waals surface area contributed by atoms with Gasteiger partial charge < -0.3 is 19.0 Å². The average molecular weight is 318 g/mol. The fourth-order valence-electron chi connectivity index (χ4n) is 4.32. The topological polar surface area (TPSA) is 45.9 Å². The molecule has 0 radical (unpaired) electrons. The van der Waals surface area contributed by atoms with Crippen molar-refractivity contribution in [3.63, 3.8) is 0 Å². The van der Waals surface area contributed by atoms with Crippen molar-refractivity contribution in [1.29, 1.82) is 0 Å². The van der Waals surface area contributed by atoms with E-state index in [1.807, 2.05) is 19.2 Å². The third kappa shape index (κ3) is 3.17. The van der Waals surface area contributed by atoms with E-state index in [4.69, 9.17) is 9.15 Å². The Kier molecular flexibility index (Phi) is 4.16. The molecule has 5 nitrogen and oxygen atoms in total. The highest BCUT2D eigenvalue weighted by Gasteiger charge is 2.46. The van der Waals surface area contributed by atoms with E-state index in [0.717, 1.165) is 37.7 Å². The number of carbonyl (C=O) groups is 1. The maximum atomic E-state index is 12.8. The molecule has 0 spiro atoms. The summed E-state index contributed by atoms with van der Waals surface area (Å²) in [6.07, 6.45) is 5.99. The zero-order valence-corrected chi connectivity index (χ0v) is 13.8. The van der Waals surface area contributed by atoms with E-state index in [1.165, 1.54) is 19.4 Å². The molecule has 3 atom stereocenters. The smallest absolute Gasteiger partial charge is 0.230 e. The molecule has 0 N–H and O–H groups in total. The second-order valence-corrected chi connectivity index (χ2v) is 7.30. The highest BCUT2D eigenvalue weighted by molar-refractivity contribution is 5.78. The summed E-state index contributed by atoms with van der Waals surface area (Å²) in [5, 5.41) is 0. The van der Waals surface area contributed by atoms with Crippen LogP contribution in [-0.4, -0.2) is 61.1 Å². The number of methoxy groups -OCH3 is 1. The lowest BCUT2D eigenvalue weighted by Gasteiger charge is -2.41. The Balaban J connectivity index is 1.45. The van der Waals surface area contributed by atoms with Crippen molar-refractivity contribution in [3.05, 3.63) is 24.2 Å². The van der Waals surface area contributed by atoms with Gasteiger partial charge in [0.1, 0.15) is 5.76 Å². The molecule has 0 unspecified atom stereocenters. The van der Waals surface area contributed by atoms with E-state index >= 15 is 0 Å². The van der Waals surface area contributed by atoms with Gasteiger partial charge in [0.2, 0.25) is 5.91 Å². The minimum absolute atomic E-state index is 0.192. The summed E-state index contributed by atoms with van der Waals surface area (Å²) in [6.45, 7) is 4.08. The van der Waals surface area contributed by atoms with Crippen LogP contribution in [0.5, 0.6) is 0 Å². The summed E-state index contributed by atoms with van der Waals surface area (Å²) in [6, 6.07) is 4.02. The van der Waals surface area contributed by atoms with Crippen molar-refractivity contribution in [2.75, 3.05) is 33.3 Å². The molecule has 2 saturated heterocycles. The lowest BCUT2D eigenvalue weighted by molar-refractivity contribution is -0.138. The number of hydrogen-bond donors (Lipinski definition) is 0. The average Bonchev–Trinajstić information content (AvgIpc) is 3.04. The number of likely N-dealkylation sites (tertiary alicyclic amines) is 2. The van der Waals surface area contributed by atoms with Crippen LogP contribution < -0.4 is 0 Å². The van der Waals surface area contributed by atoms with Crippen LogP contribution in [0.3, 0.4) is 0 Å². The second kappa shape index (κ2) is 6.29. The highest BCUT2D eigenvalue weighted by atomic mass is 16.5. The summed E-state index contributed by atoms with van der Waals surface area (Å²) in [5.41, 5.74) is 0. The largest absolute Gasteiger partial charge is 0.469 e.